The molecule has 0 bridgehead atoms. The molecule has 29 heteroatoms. The Balaban J connectivity index is 0.000000122. The molecule has 0 spiro atoms. The number of H-pyrrole nitrogens is 4. The van der Waals surface area contributed by atoms with Gasteiger partial charge in [-0.2, -0.15) is 19.9 Å². The molecule has 20 rings (SSSR count). The van der Waals surface area contributed by atoms with Gasteiger partial charge in [-0.15, -0.1) is 0 Å². The molecule has 16 aromatic rings. The molecule has 3 unspecified atom stereocenters. The number of Topliss-reactive ketones (excluding diaryl/α,β-unsaturated/α-hetero) is 1. The number of ketones is 1. The van der Waals surface area contributed by atoms with Crippen molar-refractivity contribution >= 4 is 112 Å². The maximum Gasteiger partial charge on any atom is 0.301 e. The highest BCUT2D eigenvalue weighted by atomic mass is 35.5. The summed E-state index contributed by atoms with van der Waals surface area (Å²) in [7, 11) is -3.22. The normalized spacial score (nSPS) is 18.4. The third kappa shape index (κ3) is 20.5. The van der Waals surface area contributed by atoms with Gasteiger partial charge < -0.3 is 63.8 Å². The summed E-state index contributed by atoms with van der Waals surface area (Å²) < 4.78 is 52.6. The number of hydrogen-bond donors (Lipinski definition) is 7. The van der Waals surface area contributed by atoms with E-state index in [1.54, 1.807) is 43.3 Å². The zero-order valence-electron chi connectivity index (χ0n) is 72.6. The van der Waals surface area contributed by atoms with E-state index in [1.807, 2.05) is 146 Å². The summed E-state index contributed by atoms with van der Waals surface area (Å²) in [4.78, 5) is 63.7. The van der Waals surface area contributed by atoms with E-state index >= 15 is 0 Å². The van der Waals surface area contributed by atoms with Gasteiger partial charge in [0.25, 0.3) is 18.0 Å². The molecule has 8 aromatic heterocycles. The summed E-state index contributed by atoms with van der Waals surface area (Å²) in [5, 5.41) is 30.9. The lowest BCUT2D eigenvalue weighted by Gasteiger charge is -2.45. The summed E-state index contributed by atoms with van der Waals surface area (Å²) in [5.41, 5.74) is 20.8. The second-order valence-electron chi connectivity index (χ2n) is 34.6. The minimum Gasteiger partial charge on any atom is -0.461 e. The van der Waals surface area contributed by atoms with Gasteiger partial charge in [-0.05, 0) is 170 Å². The first-order chi connectivity index (χ1) is 62.6. The number of carbonyl (C=O) groups is 1. The highest BCUT2D eigenvalue weighted by molar-refractivity contribution is 7.90. The Hall–Kier alpha value is -12.1. The Kier molecular flexibility index (Phi) is 26.6. The Morgan fingerprint density at radius 2 is 0.869 bits per heavy atom. The van der Waals surface area contributed by atoms with Crippen LogP contribution in [0.5, 0.6) is 29.8 Å². The highest BCUT2D eigenvalue weighted by Gasteiger charge is 2.44. The van der Waals surface area contributed by atoms with Gasteiger partial charge in [-0.1, -0.05) is 238 Å². The van der Waals surface area contributed by atoms with Crippen LogP contribution in [-0.2, 0) is 14.6 Å². The number of nitrogens with one attached hydrogen (secondary N) is 4. The Labute approximate surface area is 772 Å². The van der Waals surface area contributed by atoms with Crippen molar-refractivity contribution in [3.05, 3.63) is 256 Å². The van der Waals surface area contributed by atoms with Gasteiger partial charge in [0.2, 0.25) is 0 Å². The topological polar surface area (TPSA) is 328 Å². The van der Waals surface area contributed by atoms with Crippen LogP contribution in [0.15, 0.2) is 229 Å². The monoisotopic (exact) mass is 1840 g/mol. The minimum atomic E-state index is -3.22. The third-order valence-electron chi connectivity index (χ3n) is 24.5. The van der Waals surface area contributed by atoms with E-state index in [1.165, 1.54) is 30.3 Å². The number of rotatable bonds is 21. The molecule has 4 fully saturated rings. The van der Waals surface area contributed by atoms with Gasteiger partial charge in [0.05, 0.1) is 89.1 Å². The number of benzene rings is 8. The van der Waals surface area contributed by atoms with Crippen LogP contribution in [0.4, 0.5) is 5.69 Å². The van der Waals surface area contributed by atoms with E-state index in [0.717, 1.165) is 112 Å². The van der Waals surface area contributed by atoms with Crippen molar-refractivity contribution < 1.29 is 52.2 Å². The van der Waals surface area contributed by atoms with Crippen LogP contribution in [0.2, 0.25) is 20.1 Å². The van der Waals surface area contributed by atoms with Crippen LogP contribution >= 0.6 is 46.4 Å². The molecule has 10 heterocycles. The lowest BCUT2D eigenvalue weighted by Crippen LogP contribution is -2.46. The lowest BCUT2D eigenvalue weighted by molar-refractivity contribution is -0.131. The predicted octanol–water partition coefficient (Wildman–Crippen LogP) is 22.4. The number of nitrogens with zero attached hydrogens (tertiary/aromatic N) is 9. The number of aryl methyl sites for hydroxylation is 1. The molecule has 2 aliphatic carbocycles. The van der Waals surface area contributed by atoms with Gasteiger partial charge in [-0.25, -0.2) is 28.4 Å². The van der Waals surface area contributed by atoms with Crippen molar-refractivity contribution in [2.24, 2.45) is 16.7 Å². The van der Waals surface area contributed by atoms with Crippen LogP contribution in [0.3, 0.4) is 0 Å². The van der Waals surface area contributed by atoms with E-state index in [4.69, 9.17) is 75.1 Å². The van der Waals surface area contributed by atoms with Crippen molar-refractivity contribution in [3.63, 3.8) is 0 Å². The van der Waals surface area contributed by atoms with E-state index in [-0.39, 0.29) is 55.3 Å². The van der Waals surface area contributed by atoms with Crippen LogP contribution in [0.1, 0.15) is 102 Å². The molecule has 7 N–H and O–H groups in total. The summed E-state index contributed by atoms with van der Waals surface area (Å²) in [6.07, 6.45) is 7.21. The van der Waals surface area contributed by atoms with Crippen molar-refractivity contribution in [1.82, 2.24) is 59.8 Å². The molecule has 24 nitrogen and oxygen atoms in total. The molecule has 2 saturated carbocycles. The standard InChI is InChI=1S/C27H28ClN3O3S.C25H23ClN4O2.C25H24ClN3O2.C24H22ClN3O4/c1-27(2,3)19-13-20(14-19)34-26-29-23-15-22(28)24(30-25(23)31-26)18-7-5-16(6-8-18)17-9-11-21(12-10-17)35(4,32)33;1-15-5-10-19(13-20(15)16(2)31)32-25-27-22-14-21(26)23(28-24(22)29-25)17-6-8-18(9-7-17)30-11-3-4-12-30;1-2-25(15-30)13-19(14-25)31-24-27-21-12-20(26)22(28-23(21)29-24)18-10-8-17(9-11-18)16-6-4-3-5-7-16;25-18-11-19-23(28-24(26-19)32-17-10-20(30)21(12-29)31-13-17)27-22(18)16-8-6-15(7-9-16)14-4-2-1-3-5-14/h5-12,15,19-20H,13-14H2,1-4H3,(H,29,30,31);5-10,13-14H,3-4,11-12H2,1-2H3,(H,27,28,29);3-12,19,30H,2,13-15H2,1H3,(H,27,28,29);1-9,11,17,20-21,29-30H,10,12-13H2,(H,26,27,28). The minimum absolute atomic E-state index is 0.00266. The molecule has 8 aromatic carbocycles. The fraction of sp³-hybridized carbons (Fsp3) is 0.277. The number of hydrogen-bond acceptors (Lipinski definition) is 20. The molecule has 2 aliphatic heterocycles. The van der Waals surface area contributed by atoms with Crippen LogP contribution < -0.4 is 23.8 Å². The molecule has 0 amide bonds. The zero-order chi connectivity index (χ0) is 90.7. The number of imidazole rings is 4. The SMILES string of the molecule is CC(=O)c1cc(Oc2nc3nc(-c4ccc(N5CCCC5)cc4)c(Cl)cc3[nH]2)ccc1C.CC(C)(C)C1CC(Oc2nc3nc(-c4ccc(-c5ccc(S(C)(=O)=O)cc5)cc4)c(Cl)cc3[nH]2)C1.CCC1(CO)CC(Oc2nc3nc(-c4ccc(-c5ccccc5)cc4)c(Cl)cc3[nH]2)C1.OCC1OCC(Oc2nc3nc(-c4ccc(-c5ccccc5)cc4)c(Cl)cc3[nH]2)CC1O. The maximum atomic E-state index is 11.8. The van der Waals surface area contributed by atoms with Gasteiger partial charge in [-0.3, -0.25) is 4.79 Å². The molecular formula is C101H97Cl4N13O11S. The van der Waals surface area contributed by atoms with E-state index in [2.05, 4.69) is 136 Å². The predicted molar refractivity (Wildman–Crippen MR) is 511 cm³/mol. The van der Waals surface area contributed by atoms with Crippen molar-refractivity contribution in [3.8, 4) is 108 Å². The number of sulfone groups is 1. The Morgan fingerprint density at radius 1 is 0.492 bits per heavy atom. The van der Waals surface area contributed by atoms with E-state index < -0.39 is 22.0 Å². The van der Waals surface area contributed by atoms with Crippen molar-refractivity contribution in [2.45, 2.75) is 128 Å². The van der Waals surface area contributed by atoms with Crippen molar-refractivity contribution in [1.29, 1.82) is 0 Å². The van der Waals surface area contributed by atoms with E-state index in [0.29, 0.717) is 128 Å². The lowest BCUT2D eigenvalue weighted by atomic mass is 9.65. The fourth-order valence-electron chi connectivity index (χ4n) is 16.6. The molecule has 666 valence electrons. The van der Waals surface area contributed by atoms with Gasteiger partial charge >= 0.3 is 6.01 Å². The van der Waals surface area contributed by atoms with E-state index in [9.17, 15) is 28.5 Å². The number of aliphatic hydroxyl groups is 3. The van der Waals surface area contributed by atoms with Crippen molar-refractivity contribution in [2.75, 3.05) is 44.1 Å². The second kappa shape index (κ2) is 38.5. The number of fused-ring (bicyclic) bond motifs is 4. The first kappa shape index (κ1) is 89.8. The average Bonchev–Trinajstić information content (AvgIpc) is 1.47. The highest BCUT2D eigenvalue weighted by Crippen LogP contribution is 2.47. The Bertz CT molecular complexity index is 6840. The number of aliphatic hydroxyl groups excluding tert-OH is 3. The number of anilines is 1. The molecule has 0 radical (unpaired) electrons. The van der Waals surface area contributed by atoms with Crippen LogP contribution in [0, 0.1) is 23.7 Å². The molecule has 4 aliphatic rings. The smallest absolute Gasteiger partial charge is 0.301 e. The largest absolute Gasteiger partial charge is 0.461 e. The number of halogens is 4. The van der Waals surface area contributed by atoms with Crippen LogP contribution in [-0.4, -0.2) is 159 Å². The summed E-state index contributed by atoms with van der Waals surface area (Å²) in [6, 6.07) is 73.8. The zero-order valence-corrected chi connectivity index (χ0v) is 76.4. The first-order valence-electron chi connectivity index (χ1n) is 43.3. The fourth-order valence-corrected chi connectivity index (χ4v) is 18.3. The second-order valence-corrected chi connectivity index (χ2v) is 38.2. The molecule has 2 saturated heterocycles. The number of aromatic nitrogens is 12. The summed E-state index contributed by atoms with van der Waals surface area (Å²) in [5.74, 6) is 1.19. The first-order valence-corrected chi connectivity index (χ1v) is 46.7. The van der Waals surface area contributed by atoms with Gasteiger partial charge in [0, 0.05) is 71.3 Å². The molecule has 3 atom stereocenters. The quantitative estimate of drug-likeness (QED) is 0.0329. The number of ether oxygens (including phenoxy) is 5. The third-order valence-corrected chi connectivity index (χ3v) is 26.8. The summed E-state index contributed by atoms with van der Waals surface area (Å²) in [6.45, 7) is 14.8. The number of aromatic amines is 4. The maximum absolute atomic E-state index is 11.8. The number of carbonyl (C=O) groups excluding carboxylic acids is 1. The van der Waals surface area contributed by atoms with Crippen LogP contribution in [0.25, 0.3) is 123 Å². The molecular weight excluding hydrogens is 1750 g/mol. The number of pyridine rings is 4. The Morgan fingerprint density at radius 3 is 1.25 bits per heavy atom. The summed E-state index contributed by atoms with van der Waals surface area (Å²) >= 11 is 26.2. The van der Waals surface area contributed by atoms with Gasteiger partial charge in [0.15, 0.2) is 38.2 Å². The molecule has 130 heavy (non-hydrogen) atoms. The average molecular weight is 1840 g/mol. The van der Waals surface area contributed by atoms with Gasteiger partial charge in [0.1, 0.15) is 30.2 Å².